The predicted octanol–water partition coefficient (Wildman–Crippen LogP) is 2.70. The zero-order valence-corrected chi connectivity index (χ0v) is 13.1. The number of benzene rings is 1. The van der Waals surface area contributed by atoms with E-state index in [0.717, 1.165) is 24.5 Å². The summed E-state index contributed by atoms with van der Waals surface area (Å²) in [5, 5.41) is 2.86. The van der Waals surface area contributed by atoms with E-state index in [9.17, 15) is 9.18 Å². The van der Waals surface area contributed by atoms with E-state index in [1.165, 1.54) is 26.0 Å². The second kappa shape index (κ2) is 8.73. The number of rotatable bonds is 10. The summed E-state index contributed by atoms with van der Waals surface area (Å²) in [5.41, 5.74) is 0.793. The van der Waals surface area contributed by atoms with E-state index < -0.39 is 5.82 Å². The number of hydrogen-bond acceptors (Lipinski definition) is 3. The van der Waals surface area contributed by atoms with Gasteiger partial charge in [0.15, 0.2) is 11.6 Å². The lowest BCUT2D eigenvalue weighted by atomic mass is 10.1. The summed E-state index contributed by atoms with van der Waals surface area (Å²) < 4.78 is 23.9. The number of carbonyl (C=O) groups excluding carboxylic acids is 1. The summed E-state index contributed by atoms with van der Waals surface area (Å²) in [6.45, 7) is 2.18. The fraction of sp³-hybridized carbons (Fsp3) is 0.588. The first-order chi connectivity index (χ1) is 10.7. The van der Waals surface area contributed by atoms with Crippen LogP contribution >= 0.6 is 0 Å². The molecule has 0 radical (unpaired) electrons. The Kier molecular flexibility index (Phi) is 6.65. The van der Waals surface area contributed by atoms with Crippen molar-refractivity contribution >= 4 is 5.91 Å². The van der Waals surface area contributed by atoms with Gasteiger partial charge in [-0.25, -0.2) is 4.39 Å². The number of halogens is 1. The first kappa shape index (κ1) is 16.7. The lowest BCUT2D eigenvalue weighted by Gasteiger charge is -2.07. The van der Waals surface area contributed by atoms with Crippen LogP contribution in [0.15, 0.2) is 18.2 Å². The van der Waals surface area contributed by atoms with Crippen LogP contribution in [0.2, 0.25) is 0 Å². The van der Waals surface area contributed by atoms with Crippen LogP contribution in [0.4, 0.5) is 4.39 Å². The van der Waals surface area contributed by atoms with Crippen molar-refractivity contribution in [2.75, 3.05) is 26.9 Å². The van der Waals surface area contributed by atoms with Gasteiger partial charge in [-0.15, -0.1) is 0 Å². The van der Waals surface area contributed by atoms with Crippen LogP contribution in [0.1, 0.15) is 31.2 Å². The quantitative estimate of drug-likeness (QED) is 0.676. The Bertz CT molecular complexity index is 489. The maximum absolute atomic E-state index is 13.5. The highest BCUT2D eigenvalue weighted by molar-refractivity contribution is 5.76. The van der Waals surface area contributed by atoms with Crippen molar-refractivity contribution in [3.05, 3.63) is 29.6 Å². The van der Waals surface area contributed by atoms with Crippen molar-refractivity contribution < 1.29 is 18.7 Å². The lowest BCUT2D eigenvalue weighted by molar-refractivity contribution is -0.121. The molecule has 2 rings (SSSR count). The molecular formula is C17H24FNO3. The van der Waals surface area contributed by atoms with E-state index in [-0.39, 0.29) is 11.7 Å². The minimum Gasteiger partial charge on any atom is -0.494 e. The number of aryl methyl sites for hydroxylation is 1. The van der Waals surface area contributed by atoms with Gasteiger partial charge in [-0.1, -0.05) is 6.07 Å². The third-order valence-corrected chi connectivity index (χ3v) is 3.70. The number of ether oxygens (including phenoxy) is 2. The van der Waals surface area contributed by atoms with Gasteiger partial charge < -0.3 is 14.8 Å². The summed E-state index contributed by atoms with van der Waals surface area (Å²) in [5.74, 6) is 0.588. The third-order valence-electron chi connectivity index (χ3n) is 3.70. The Hall–Kier alpha value is -1.62. The van der Waals surface area contributed by atoms with E-state index in [1.54, 1.807) is 12.1 Å². The van der Waals surface area contributed by atoms with Crippen LogP contribution in [0, 0.1) is 11.7 Å². The molecule has 1 N–H and O–H groups in total. The summed E-state index contributed by atoms with van der Waals surface area (Å²) in [7, 11) is 1.43. The van der Waals surface area contributed by atoms with E-state index in [4.69, 9.17) is 9.47 Å². The zero-order valence-electron chi connectivity index (χ0n) is 13.1. The molecule has 0 unspecified atom stereocenters. The Morgan fingerprint density at radius 1 is 1.41 bits per heavy atom. The monoisotopic (exact) mass is 309 g/mol. The number of nitrogens with one attached hydrogen (secondary N) is 1. The van der Waals surface area contributed by atoms with Gasteiger partial charge in [0.1, 0.15) is 0 Å². The van der Waals surface area contributed by atoms with Crippen LogP contribution in [0.25, 0.3) is 0 Å². The molecule has 1 saturated carbocycles. The van der Waals surface area contributed by atoms with E-state index in [1.807, 2.05) is 0 Å². The van der Waals surface area contributed by atoms with Crippen LogP contribution in [0.3, 0.4) is 0 Å². The van der Waals surface area contributed by atoms with Gasteiger partial charge >= 0.3 is 0 Å². The third kappa shape index (κ3) is 6.02. The molecule has 22 heavy (non-hydrogen) atoms. The molecule has 0 bridgehead atoms. The number of carbonyl (C=O) groups is 1. The number of hydrogen-bond donors (Lipinski definition) is 1. The molecule has 5 heteroatoms. The van der Waals surface area contributed by atoms with Crippen LogP contribution in [0.5, 0.6) is 5.75 Å². The fourth-order valence-corrected chi connectivity index (χ4v) is 2.15. The van der Waals surface area contributed by atoms with Crippen molar-refractivity contribution in [2.24, 2.45) is 5.92 Å². The highest BCUT2D eigenvalue weighted by atomic mass is 19.1. The van der Waals surface area contributed by atoms with Gasteiger partial charge in [0.05, 0.1) is 7.11 Å². The molecule has 0 spiro atoms. The Morgan fingerprint density at radius 2 is 2.23 bits per heavy atom. The number of methoxy groups -OCH3 is 1. The highest BCUT2D eigenvalue weighted by Gasteiger charge is 2.20. The largest absolute Gasteiger partial charge is 0.494 e. The number of amides is 1. The molecule has 4 nitrogen and oxygen atoms in total. The zero-order chi connectivity index (χ0) is 15.8. The van der Waals surface area contributed by atoms with Gasteiger partial charge in [0.25, 0.3) is 0 Å². The van der Waals surface area contributed by atoms with Gasteiger partial charge in [-0.3, -0.25) is 4.79 Å². The van der Waals surface area contributed by atoms with Crippen LogP contribution < -0.4 is 10.1 Å². The van der Waals surface area contributed by atoms with Crippen LogP contribution in [-0.2, 0) is 16.0 Å². The second-order valence-electron chi connectivity index (χ2n) is 5.69. The minimum absolute atomic E-state index is 0.0154. The lowest BCUT2D eigenvalue weighted by Crippen LogP contribution is -2.25. The normalized spacial score (nSPS) is 13.9. The molecule has 1 aromatic rings. The molecule has 1 amide bonds. The van der Waals surface area contributed by atoms with Crippen LogP contribution in [-0.4, -0.2) is 32.8 Å². The topological polar surface area (TPSA) is 47.6 Å². The average molecular weight is 309 g/mol. The van der Waals surface area contributed by atoms with Gasteiger partial charge in [0, 0.05) is 26.2 Å². The molecule has 0 aliphatic heterocycles. The molecule has 0 aromatic heterocycles. The Morgan fingerprint density at radius 3 is 2.91 bits per heavy atom. The highest BCUT2D eigenvalue weighted by Crippen LogP contribution is 2.28. The van der Waals surface area contributed by atoms with Gasteiger partial charge in [-0.05, 0) is 49.3 Å². The predicted molar refractivity (Wildman–Crippen MR) is 82.4 cm³/mol. The summed E-state index contributed by atoms with van der Waals surface area (Å²) in [6.07, 6.45) is 4.29. The molecule has 1 aliphatic rings. The maximum atomic E-state index is 13.5. The molecule has 1 aromatic carbocycles. The molecule has 0 atom stereocenters. The van der Waals surface area contributed by atoms with Gasteiger partial charge in [-0.2, -0.15) is 0 Å². The fourth-order valence-electron chi connectivity index (χ4n) is 2.15. The van der Waals surface area contributed by atoms with Crippen molar-refractivity contribution in [1.82, 2.24) is 5.32 Å². The van der Waals surface area contributed by atoms with E-state index >= 15 is 0 Å². The van der Waals surface area contributed by atoms with Crippen molar-refractivity contribution in [2.45, 2.75) is 32.1 Å². The summed E-state index contributed by atoms with van der Waals surface area (Å²) >= 11 is 0. The Labute approximate surface area is 131 Å². The minimum atomic E-state index is -0.395. The van der Waals surface area contributed by atoms with Crippen molar-refractivity contribution in [3.63, 3.8) is 0 Å². The Balaban J connectivity index is 1.55. The standard InChI is InChI=1S/C17H24FNO3/c1-21-16-7-5-13(11-15(16)18)6-8-17(20)19-9-2-10-22-12-14-3-4-14/h5,7,11,14H,2-4,6,8-10,12H2,1H3,(H,19,20). The van der Waals surface area contributed by atoms with Gasteiger partial charge in [0.2, 0.25) is 5.91 Å². The molecule has 1 fully saturated rings. The first-order valence-electron chi connectivity index (χ1n) is 7.86. The maximum Gasteiger partial charge on any atom is 0.220 e. The first-order valence-corrected chi connectivity index (χ1v) is 7.86. The van der Waals surface area contributed by atoms with Crippen molar-refractivity contribution in [3.8, 4) is 5.75 Å². The summed E-state index contributed by atoms with van der Waals surface area (Å²) in [4.78, 5) is 11.7. The molecule has 0 saturated heterocycles. The second-order valence-corrected chi connectivity index (χ2v) is 5.69. The molecule has 0 heterocycles. The molecule has 1 aliphatic carbocycles. The van der Waals surface area contributed by atoms with Crippen molar-refractivity contribution in [1.29, 1.82) is 0 Å². The van der Waals surface area contributed by atoms with E-state index in [2.05, 4.69) is 5.32 Å². The van der Waals surface area contributed by atoms with E-state index in [0.29, 0.717) is 26.0 Å². The SMILES string of the molecule is COc1ccc(CCC(=O)NCCCOCC2CC2)cc1F. The smallest absolute Gasteiger partial charge is 0.220 e. The average Bonchev–Trinajstić information content (AvgIpc) is 3.33. The molecule has 122 valence electrons. The molecular weight excluding hydrogens is 285 g/mol. The summed E-state index contributed by atoms with van der Waals surface area (Å²) in [6, 6.07) is 4.78.